The molecular formula is C21H26FN3O3. The summed E-state index contributed by atoms with van der Waals surface area (Å²) in [5, 5.41) is 5.70. The first-order valence-corrected chi connectivity index (χ1v) is 9.37. The number of hydrogen-bond acceptors (Lipinski definition) is 4. The first-order chi connectivity index (χ1) is 13.5. The minimum absolute atomic E-state index is 0.0383. The van der Waals surface area contributed by atoms with Gasteiger partial charge < -0.3 is 25.0 Å². The van der Waals surface area contributed by atoms with Crippen molar-refractivity contribution in [3.05, 3.63) is 53.8 Å². The minimum atomic E-state index is -0.425. The molecule has 6 nitrogen and oxygen atoms in total. The van der Waals surface area contributed by atoms with Gasteiger partial charge in [0.1, 0.15) is 23.1 Å². The predicted molar refractivity (Wildman–Crippen MR) is 105 cm³/mol. The van der Waals surface area contributed by atoms with Crippen LogP contribution in [0.1, 0.15) is 18.4 Å². The molecule has 0 aromatic heterocycles. The molecule has 0 unspecified atom stereocenters. The largest absolute Gasteiger partial charge is 0.497 e. The number of carbonyl (C=O) groups excluding carboxylic acids is 1. The molecule has 1 saturated heterocycles. The number of nitrogens with one attached hydrogen (secondary N) is 2. The number of benzene rings is 2. The molecule has 1 heterocycles. The first-order valence-electron chi connectivity index (χ1n) is 9.37. The van der Waals surface area contributed by atoms with Crippen LogP contribution < -0.4 is 20.1 Å². The second-order valence-electron chi connectivity index (χ2n) is 6.90. The fraction of sp³-hybridized carbons (Fsp3) is 0.381. The lowest BCUT2D eigenvalue weighted by Gasteiger charge is -2.29. The minimum Gasteiger partial charge on any atom is -0.497 e. The maximum atomic E-state index is 14.3. The maximum Gasteiger partial charge on any atom is 0.315 e. The van der Waals surface area contributed by atoms with Gasteiger partial charge in [-0.25, -0.2) is 9.18 Å². The van der Waals surface area contributed by atoms with Gasteiger partial charge >= 0.3 is 6.03 Å². The quantitative estimate of drug-likeness (QED) is 0.796. The fourth-order valence-corrected chi connectivity index (χ4v) is 3.13. The summed E-state index contributed by atoms with van der Waals surface area (Å²) in [7, 11) is 3.65. The number of methoxy groups -OCH3 is 1. The third-order valence-corrected chi connectivity index (χ3v) is 4.84. The Labute approximate surface area is 164 Å². The van der Waals surface area contributed by atoms with Gasteiger partial charge in [0, 0.05) is 11.6 Å². The van der Waals surface area contributed by atoms with Crippen LogP contribution in [0.5, 0.6) is 17.2 Å². The van der Waals surface area contributed by atoms with Crippen molar-refractivity contribution in [2.45, 2.75) is 25.4 Å². The van der Waals surface area contributed by atoms with E-state index in [9.17, 15) is 9.18 Å². The van der Waals surface area contributed by atoms with Crippen molar-refractivity contribution in [2.24, 2.45) is 0 Å². The molecule has 7 heteroatoms. The second kappa shape index (κ2) is 9.41. The van der Waals surface area contributed by atoms with E-state index in [1.807, 2.05) is 0 Å². The summed E-state index contributed by atoms with van der Waals surface area (Å²) in [5.41, 5.74) is 0.303. The molecule has 1 aliphatic heterocycles. The average molecular weight is 387 g/mol. The molecule has 0 saturated carbocycles. The molecule has 2 N–H and O–H groups in total. The predicted octanol–water partition coefficient (Wildman–Crippen LogP) is 3.52. The highest BCUT2D eigenvalue weighted by atomic mass is 19.1. The van der Waals surface area contributed by atoms with Crippen LogP contribution in [0, 0.1) is 5.82 Å². The summed E-state index contributed by atoms with van der Waals surface area (Å²) in [6.07, 6.45) is 1.82. The van der Waals surface area contributed by atoms with E-state index in [1.165, 1.54) is 6.07 Å². The zero-order valence-corrected chi connectivity index (χ0v) is 16.2. The smallest absolute Gasteiger partial charge is 0.315 e. The Morgan fingerprint density at radius 2 is 1.82 bits per heavy atom. The van der Waals surface area contributed by atoms with Crippen molar-refractivity contribution in [2.75, 3.05) is 27.2 Å². The molecule has 0 radical (unpaired) electrons. The number of halogens is 1. The van der Waals surface area contributed by atoms with Gasteiger partial charge in [-0.3, -0.25) is 0 Å². The van der Waals surface area contributed by atoms with Crippen molar-refractivity contribution < 1.29 is 18.7 Å². The van der Waals surface area contributed by atoms with E-state index in [0.29, 0.717) is 22.8 Å². The Bertz CT molecular complexity index is 790. The SMILES string of the molecule is COc1ccc(Oc2cccc(F)c2CNC(=O)NC2CCN(C)CC2)cc1. The lowest BCUT2D eigenvalue weighted by molar-refractivity contribution is 0.213. The maximum absolute atomic E-state index is 14.3. The van der Waals surface area contributed by atoms with E-state index in [4.69, 9.17) is 9.47 Å². The Hall–Kier alpha value is -2.80. The Morgan fingerprint density at radius 3 is 2.50 bits per heavy atom. The number of amides is 2. The van der Waals surface area contributed by atoms with Gasteiger partial charge in [0.2, 0.25) is 0 Å². The van der Waals surface area contributed by atoms with Gasteiger partial charge in [0.25, 0.3) is 0 Å². The summed E-state index contributed by atoms with van der Waals surface area (Å²) in [6, 6.07) is 11.5. The van der Waals surface area contributed by atoms with E-state index in [1.54, 1.807) is 43.5 Å². The molecule has 0 aliphatic carbocycles. The highest BCUT2D eigenvalue weighted by Gasteiger charge is 2.19. The van der Waals surface area contributed by atoms with Gasteiger partial charge in [-0.15, -0.1) is 0 Å². The van der Waals surface area contributed by atoms with Crippen LogP contribution in [0.2, 0.25) is 0 Å². The average Bonchev–Trinajstić information content (AvgIpc) is 2.70. The molecule has 0 atom stereocenters. The number of urea groups is 1. The van der Waals surface area contributed by atoms with Crippen molar-refractivity contribution in [1.29, 1.82) is 0 Å². The zero-order valence-electron chi connectivity index (χ0n) is 16.2. The molecule has 3 rings (SSSR count). The van der Waals surface area contributed by atoms with Crippen LogP contribution in [0.15, 0.2) is 42.5 Å². The summed E-state index contributed by atoms with van der Waals surface area (Å²) < 4.78 is 25.3. The normalized spacial score (nSPS) is 15.1. The van der Waals surface area contributed by atoms with Gasteiger partial charge in [0.15, 0.2) is 0 Å². The molecule has 150 valence electrons. The molecule has 2 amide bonds. The molecule has 0 spiro atoms. The van der Waals surface area contributed by atoms with Gasteiger partial charge in [-0.1, -0.05) is 6.07 Å². The van der Waals surface area contributed by atoms with E-state index >= 15 is 0 Å². The molecular weight excluding hydrogens is 361 g/mol. The number of rotatable bonds is 6. The number of piperidine rings is 1. The van der Waals surface area contributed by atoms with Crippen LogP contribution in [-0.4, -0.2) is 44.2 Å². The number of hydrogen-bond donors (Lipinski definition) is 2. The summed E-state index contributed by atoms with van der Waals surface area (Å²) >= 11 is 0. The van der Waals surface area contributed by atoms with E-state index in [-0.39, 0.29) is 18.6 Å². The van der Waals surface area contributed by atoms with Crippen LogP contribution in [0.4, 0.5) is 9.18 Å². The van der Waals surface area contributed by atoms with Crippen molar-refractivity contribution >= 4 is 6.03 Å². The molecule has 1 fully saturated rings. The van der Waals surface area contributed by atoms with Gasteiger partial charge in [-0.2, -0.15) is 0 Å². The summed E-state index contributed by atoms with van der Waals surface area (Å²) in [5.74, 6) is 1.21. The standard InChI is InChI=1S/C21H26FN3O3/c1-25-12-10-15(11-13-25)24-21(26)23-14-18-19(22)4-3-5-20(18)28-17-8-6-16(27-2)7-9-17/h3-9,15H,10-14H2,1-2H3,(H2,23,24,26). The highest BCUT2D eigenvalue weighted by Crippen LogP contribution is 2.28. The molecule has 28 heavy (non-hydrogen) atoms. The fourth-order valence-electron chi connectivity index (χ4n) is 3.13. The lowest BCUT2D eigenvalue weighted by atomic mass is 10.1. The Balaban J connectivity index is 1.60. The lowest BCUT2D eigenvalue weighted by Crippen LogP contribution is -2.47. The van der Waals surface area contributed by atoms with Crippen LogP contribution in [0.3, 0.4) is 0 Å². The van der Waals surface area contributed by atoms with Gasteiger partial charge in [-0.05, 0) is 69.4 Å². The summed E-state index contributed by atoms with van der Waals surface area (Å²) in [4.78, 5) is 14.4. The van der Waals surface area contributed by atoms with Gasteiger partial charge in [0.05, 0.1) is 13.7 Å². The third kappa shape index (κ3) is 5.36. The molecule has 1 aliphatic rings. The van der Waals surface area contributed by atoms with Crippen LogP contribution in [-0.2, 0) is 6.54 Å². The Kier molecular flexibility index (Phi) is 6.71. The number of nitrogens with zero attached hydrogens (tertiary/aromatic N) is 1. The van der Waals surface area contributed by atoms with E-state index < -0.39 is 5.82 Å². The Morgan fingerprint density at radius 1 is 1.14 bits per heavy atom. The molecule has 0 bridgehead atoms. The van der Waals surface area contributed by atoms with E-state index in [2.05, 4.69) is 22.6 Å². The van der Waals surface area contributed by atoms with Crippen LogP contribution >= 0.6 is 0 Å². The van der Waals surface area contributed by atoms with E-state index in [0.717, 1.165) is 25.9 Å². The summed E-state index contributed by atoms with van der Waals surface area (Å²) in [6.45, 7) is 1.95. The monoisotopic (exact) mass is 387 g/mol. The number of ether oxygens (including phenoxy) is 2. The second-order valence-corrected chi connectivity index (χ2v) is 6.90. The van der Waals surface area contributed by atoms with Crippen molar-refractivity contribution in [1.82, 2.24) is 15.5 Å². The number of likely N-dealkylation sites (tertiary alicyclic amines) is 1. The third-order valence-electron chi connectivity index (χ3n) is 4.84. The van der Waals surface area contributed by atoms with Crippen LogP contribution in [0.25, 0.3) is 0 Å². The topological polar surface area (TPSA) is 62.8 Å². The van der Waals surface area contributed by atoms with Crippen molar-refractivity contribution in [3.8, 4) is 17.2 Å². The first kappa shape index (κ1) is 19.9. The highest BCUT2D eigenvalue weighted by molar-refractivity contribution is 5.74. The molecule has 2 aromatic carbocycles. The number of carbonyl (C=O) groups is 1. The van der Waals surface area contributed by atoms with Crippen molar-refractivity contribution in [3.63, 3.8) is 0 Å². The molecule has 2 aromatic rings. The zero-order chi connectivity index (χ0) is 19.9.